The topological polar surface area (TPSA) is 54.6 Å². The fourth-order valence-corrected chi connectivity index (χ4v) is 4.32. The van der Waals surface area contributed by atoms with Crippen LogP contribution in [0.4, 0.5) is 0 Å². The molecule has 0 aromatic carbocycles. The van der Waals surface area contributed by atoms with Crippen molar-refractivity contribution < 1.29 is 9.47 Å². The van der Waals surface area contributed by atoms with E-state index in [1.54, 1.807) is 13.2 Å². The van der Waals surface area contributed by atoms with Gasteiger partial charge in [0, 0.05) is 7.11 Å². The van der Waals surface area contributed by atoms with Gasteiger partial charge in [0.05, 0.1) is 24.9 Å². The molecule has 24 heavy (non-hydrogen) atoms. The lowest BCUT2D eigenvalue weighted by atomic mass is 9.62. The number of allylic oxidation sites excluding steroid dienone is 4. The highest BCUT2D eigenvalue weighted by atomic mass is 32.1. The maximum absolute atomic E-state index is 8.93. The van der Waals surface area contributed by atoms with E-state index in [0.29, 0.717) is 24.1 Å². The second-order valence-electron chi connectivity index (χ2n) is 7.01. The van der Waals surface area contributed by atoms with Crippen LogP contribution in [-0.4, -0.2) is 32.0 Å². The molecule has 0 spiro atoms. The van der Waals surface area contributed by atoms with Gasteiger partial charge in [-0.05, 0) is 61.7 Å². The van der Waals surface area contributed by atoms with Gasteiger partial charge in [-0.25, -0.2) is 4.99 Å². The molecular weight excluding hydrogens is 320 g/mol. The number of thiocarbonyl (C=S) groups is 1. The predicted molar refractivity (Wildman–Crippen MR) is 99.8 cm³/mol. The first-order valence-electron chi connectivity index (χ1n) is 8.29. The summed E-state index contributed by atoms with van der Waals surface area (Å²) in [7, 11) is 3.30. The van der Waals surface area contributed by atoms with Crippen LogP contribution in [0.25, 0.3) is 0 Å². The summed E-state index contributed by atoms with van der Waals surface area (Å²) < 4.78 is 10.7. The van der Waals surface area contributed by atoms with Gasteiger partial charge in [0.15, 0.2) is 5.76 Å². The number of hydrogen-bond acceptors (Lipinski definition) is 5. The number of isothiocyanates is 1. The first-order valence-corrected chi connectivity index (χ1v) is 8.70. The molecule has 1 aliphatic carbocycles. The van der Waals surface area contributed by atoms with Gasteiger partial charge >= 0.3 is 0 Å². The van der Waals surface area contributed by atoms with Gasteiger partial charge in [-0.1, -0.05) is 25.5 Å². The van der Waals surface area contributed by atoms with Crippen molar-refractivity contribution in [1.29, 1.82) is 5.26 Å². The molecule has 0 aromatic rings. The van der Waals surface area contributed by atoms with Crippen LogP contribution in [0.3, 0.4) is 0 Å². The molecule has 0 bridgehead atoms. The van der Waals surface area contributed by atoms with Crippen molar-refractivity contribution in [3.05, 3.63) is 23.5 Å². The van der Waals surface area contributed by atoms with Crippen molar-refractivity contribution in [2.75, 3.05) is 20.8 Å². The minimum absolute atomic E-state index is 0.0635. The third kappa shape index (κ3) is 5.56. The van der Waals surface area contributed by atoms with E-state index in [1.807, 2.05) is 12.1 Å². The molecule has 0 heterocycles. The number of hydrogen-bond donors (Lipinski definition) is 0. The van der Waals surface area contributed by atoms with Gasteiger partial charge in [-0.3, -0.25) is 0 Å². The summed E-state index contributed by atoms with van der Waals surface area (Å²) in [6, 6.07) is 2.02. The Morgan fingerprint density at radius 1 is 1.29 bits per heavy atom. The molecule has 1 saturated carbocycles. The van der Waals surface area contributed by atoms with Gasteiger partial charge in [0.1, 0.15) is 6.07 Å². The van der Waals surface area contributed by atoms with Crippen molar-refractivity contribution in [2.24, 2.45) is 22.2 Å². The summed E-state index contributed by atoms with van der Waals surface area (Å²) in [6.07, 6.45) is 6.97. The number of methoxy groups -OCH3 is 2. The van der Waals surface area contributed by atoms with Gasteiger partial charge < -0.3 is 9.47 Å². The number of nitrogens with zero attached hydrogens (tertiary/aromatic N) is 2. The Labute approximate surface area is 151 Å². The van der Waals surface area contributed by atoms with Crippen molar-refractivity contribution in [3.8, 4) is 6.07 Å². The zero-order chi connectivity index (χ0) is 18.2. The van der Waals surface area contributed by atoms with Gasteiger partial charge in [0.25, 0.3) is 0 Å². The highest BCUT2D eigenvalue weighted by molar-refractivity contribution is 7.78. The maximum Gasteiger partial charge on any atom is 0.196 e. The molecule has 0 unspecified atom stereocenters. The molecule has 0 saturated heterocycles. The van der Waals surface area contributed by atoms with E-state index in [4.69, 9.17) is 27.0 Å². The number of nitriles is 1. The smallest absolute Gasteiger partial charge is 0.196 e. The fourth-order valence-electron chi connectivity index (χ4n) is 4.26. The lowest BCUT2D eigenvalue weighted by molar-refractivity contribution is -0.0503. The summed E-state index contributed by atoms with van der Waals surface area (Å²) in [5.74, 6) is 1.25. The normalized spacial score (nSPS) is 31.1. The number of aliphatic imine (C=N–C) groups is 1. The van der Waals surface area contributed by atoms with Gasteiger partial charge in [0.2, 0.25) is 0 Å². The summed E-state index contributed by atoms with van der Waals surface area (Å²) in [5, 5.41) is 11.5. The molecule has 0 radical (unpaired) electrons. The standard InChI is InChI=1S/C19H28N2O2S/c1-14(6-7-17(11-20)22-4)8-19(12-21-13-24)9-15(2)18(23-5)16(3)10-19/h6-7,15-16,18H,8-10,12H2,1-5H3/b14-6+,17-7-/t15-,16+,18+,19+. The van der Waals surface area contributed by atoms with E-state index < -0.39 is 0 Å². The SMILES string of the molecule is CO/C(C#N)=C\C=C(/C)C[C@]1(CN=C=S)C[C@@H](C)[C@H](OC)[C@@H](C)C1. The van der Waals surface area contributed by atoms with E-state index in [9.17, 15) is 0 Å². The molecule has 4 atom stereocenters. The van der Waals surface area contributed by atoms with E-state index in [2.05, 4.69) is 30.9 Å². The molecule has 0 aliphatic heterocycles. The van der Waals surface area contributed by atoms with Crippen LogP contribution in [0.2, 0.25) is 0 Å². The first kappa shape index (κ1) is 20.6. The van der Waals surface area contributed by atoms with Crippen molar-refractivity contribution >= 4 is 17.4 Å². The molecule has 0 N–H and O–H groups in total. The van der Waals surface area contributed by atoms with Crippen LogP contribution in [-0.2, 0) is 9.47 Å². The maximum atomic E-state index is 8.93. The van der Waals surface area contributed by atoms with E-state index in [-0.39, 0.29) is 11.5 Å². The fraction of sp³-hybridized carbons (Fsp3) is 0.684. The van der Waals surface area contributed by atoms with Gasteiger partial charge in [-0.15, -0.1) is 0 Å². The lowest BCUT2D eigenvalue weighted by Crippen LogP contribution is -2.43. The molecule has 1 rings (SSSR count). The second kappa shape index (κ2) is 9.74. The van der Waals surface area contributed by atoms with Crippen molar-refractivity contribution in [2.45, 2.75) is 46.1 Å². The minimum Gasteiger partial charge on any atom is -0.487 e. The monoisotopic (exact) mass is 348 g/mol. The summed E-state index contributed by atoms with van der Waals surface area (Å²) in [4.78, 5) is 4.27. The quantitative estimate of drug-likeness (QED) is 0.223. The molecule has 0 aromatic heterocycles. The molecule has 5 heteroatoms. The van der Waals surface area contributed by atoms with E-state index in [1.165, 1.54) is 12.7 Å². The molecule has 0 amide bonds. The Hall–Kier alpha value is -1.47. The predicted octanol–water partition coefficient (Wildman–Crippen LogP) is 4.55. The Morgan fingerprint density at radius 2 is 1.92 bits per heavy atom. The Kier molecular flexibility index (Phi) is 8.35. The Bertz CT molecular complexity index is 558. The highest BCUT2D eigenvalue weighted by Crippen LogP contribution is 2.47. The molecular formula is C19H28N2O2S. The molecule has 132 valence electrons. The van der Waals surface area contributed by atoms with Crippen LogP contribution >= 0.6 is 12.2 Å². The van der Waals surface area contributed by atoms with Crippen LogP contribution in [0, 0.1) is 28.6 Å². The van der Waals surface area contributed by atoms with Crippen molar-refractivity contribution in [1.82, 2.24) is 0 Å². The van der Waals surface area contributed by atoms with Crippen LogP contribution < -0.4 is 0 Å². The van der Waals surface area contributed by atoms with E-state index in [0.717, 1.165) is 19.3 Å². The zero-order valence-electron chi connectivity index (χ0n) is 15.3. The highest BCUT2D eigenvalue weighted by Gasteiger charge is 2.43. The average Bonchev–Trinajstić information content (AvgIpc) is 2.53. The summed E-state index contributed by atoms with van der Waals surface area (Å²) >= 11 is 4.79. The average molecular weight is 349 g/mol. The summed E-state index contributed by atoms with van der Waals surface area (Å²) in [5.41, 5.74) is 1.27. The molecule has 1 aliphatic rings. The molecule has 1 fully saturated rings. The number of rotatable bonds is 7. The zero-order valence-corrected chi connectivity index (χ0v) is 16.2. The Balaban J connectivity index is 3.01. The first-order chi connectivity index (χ1) is 11.4. The summed E-state index contributed by atoms with van der Waals surface area (Å²) in [6.45, 7) is 7.27. The van der Waals surface area contributed by atoms with Crippen LogP contribution in [0.15, 0.2) is 28.5 Å². The van der Waals surface area contributed by atoms with Crippen LogP contribution in [0.1, 0.15) is 40.0 Å². The minimum atomic E-state index is 0.0635. The Morgan fingerprint density at radius 3 is 2.38 bits per heavy atom. The molecule has 4 nitrogen and oxygen atoms in total. The second-order valence-corrected chi connectivity index (χ2v) is 7.19. The largest absolute Gasteiger partial charge is 0.487 e. The van der Waals surface area contributed by atoms with Crippen LogP contribution in [0.5, 0.6) is 0 Å². The third-order valence-corrected chi connectivity index (χ3v) is 5.02. The van der Waals surface area contributed by atoms with Crippen molar-refractivity contribution in [3.63, 3.8) is 0 Å². The lowest BCUT2D eigenvalue weighted by Gasteiger charge is -2.46. The third-order valence-electron chi connectivity index (χ3n) is 4.89. The van der Waals surface area contributed by atoms with E-state index >= 15 is 0 Å². The number of ether oxygens (including phenoxy) is 2. The van der Waals surface area contributed by atoms with Gasteiger partial charge in [-0.2, -0.15) is 5.26 Å².